The monoisotopic (exact) mass is 275 g/mol. The smallest absolute Gasteiger partial charge is 0.316 e. The SMILES string of the molecule is COC(=O)C1(c2ccc(Cl)cc2)CC(N)C1.Cl. The zero-order valence-corrected chi connectivity index (χ0v) is 11.1. The molecule has 0 saturated heterocycles. The molecule has 0 radical (unpaired) electrons. The third-order valence-electron chi connectivity index (χ3n) is 3.19. The number of nitrogens with two attached hydrogens (primary N) is 1. The maximum absolute atomic E-state index is 11.8. The fourth-order valence-corrected chi connectivity index (χ4v) is 2.45. The first-order chi connectivity index (χ1) is 7.58. The number of halogens is 2. The van der Waals surface area contributed by atoms with Crippen molar-refractivity contribution in [2.24, 2.45) is 5.73 Å². The van der Waals surface area contributed by atoms with Gasteiger partial charge >= 0.3 is 5.97 Å². The van der Waals surface area contributed by atoms with Gasteiger partial charge in [0.25, 0.3) is 0 Å². The Labute approximate surface area is 112 Å². The number of benzene rings is 1. The number of esters is 1. The van der Waals surface area contributed by atoms with E-state index in [1.165, 1.54) is 7.11 Å². The van der Waals surface area contributed by atoms with Crippen molar-refractivity contribution in [2.45, 2.75) is 24.3 Å². The standard InChI is InChI=1S/C12H14ClNO2.ClH/c1-16-11(15)12(6-10(14)7-12)8-2-4-9(13)5-3-8;/h2-5,10H,6-7,14H2,1H3;1H. The van der Waals surface area contributed by atoms with Gasteiger partial charge in [0.15, 0.2) is 0 Å². The molecular formula is C12H15Cl2NO2. The van der Waals surface area contributed by atoms with Crippen molar-refractivity contribution in [2.75, 3.05) is 7.11 Å². The van der Waals surface area contributed by atoms with Gasteiger partial charge in [0.05, 0.1) is 12.5 Å². The first kappa shape index (κ1) is 14.3. The molecule has 0 aliphatic heterocycles. The lowest BCUT2D eigenvalue weighted by atomic mass is 9.62. The van der Waals surface area contributed by atoms with E-state index in [9.17, 15) is 4.79 Å². The van der Waals surface area contributed by atoms with Crippen LogP contribution < -0.4 is 5.73 Å². The van der Waals surface area contributed by atoms with E-state index in [0.717, 1.165) is 5.56 Å². The van der Waals surface area contributed by atoms with Crippen LogP contribution in [0.4, 0.5) is 0 Å². The molecule has 1 aliphatic carbocycles. The van der Waals surface area contributed by atoms with E-state index in [1.807, 2.05) is 12.1 Å². The number of carbonyl (C=O) groups excluding carboxylic acids is 1. The average Bonchev–Trinajstić information content (AvgIpc) is 2.25. The molecule has 0 unspecified atom stereocenters. The zero-order chi connectivity index (χ0) is 11.8. The Bertz CT molecular complexity index is 399. The van der Waals surface area contributed by atoms with Gasteiger partial charge in [-0.1, -0.05) is 23.7 Å². The second-order valence-corrected chi connectivity index (χ2v) is 4.69. The second-order valence-electron chi connectivity index (χ2n) is 4.25. The van der Waals surface area contributed by atoms with Gasteiger partial charge in [0, 0.05) is 11.1 Å². The molecule has 17 heavy (non-hydrogen) atoms. The molecule has 0 amide bonds. The van der Waals surface area contributed by atoms with Crippen molar-refractivity contribution in [1.82, 2.24) is 0 Å². The lowest BCUT2D eigenvalue weighted by Gasteiger charge is -2.43. The minimum atomic E-state index is -0.557. The van der Waals surface area contributed by atoms with Crippen LogP contribution in [0.2, 0.25) is 5.02 Å². The summed E-state index contributed by atoms with van der Waals surface area (Å²) in [6, 6.07) is 7.38. The van der Waals surface area contributed by atoms with E-state index < -0.39 is 5.41 Å². The fourth-order valence-electron chi connectivity index (χ4n) is 2.32. The van der Waals surface area contributed by atoms with E-state index in [4.69, 9.17) is 22.1 Å². The van der Waals surface area contributed by atoms with E-state index in [0.29, 0.717) is 17.9 Å². The summed E-state index contributed by atoms with van der Waals surface area (Å²) in [5.74, 6) is -0.212. The number of carbonyl (C=O) groups is 1. The summed E-state index contributed by atoms with van der Waals surface area (Å²) in [7, 11) is 1.41. The molecule has 1 aromatic rings. The Morgan fingerprint density at radius 1 is 1.41 bits per heavy atom. The molecule has 3 nitrogen and oxygen atoms in total. The fraction of sp³-hybridized carbons (Fsp3) is 0.417. The molecule has 2 rings (SSSR count). The molecule has 0 bridgehead atoms. The molecule has 2 N–H and O–H groups in total. The first-order valence-electron chi connectivity index (χ1n) is 5.18. The highest BCUT2D eigenvalue weighted by atomic mass is 35.5. The van der Waals surface area contributed by atoms with Crippen LogP contribution in [-0.4, -0.2) is 19.1 Å². The molecule has 1 fully saturated rings. The third kappa shape index (κ3) is 2.41. The van der Waals surface area contributed by atoms with Crippen LogP contribution in [0.5, 0.6) is 0 Å². The van der Waals surface area contributed by atoms with Crippen LogP contribution in [0, 0.1) is 0 Å². The van der Waals surface area contributed by atoms with Crippen LogP contribution in [0.15, 0.2) is 24.3 Å². The van der Waals surface area contributed by atoms with Crippen molar-refractivity contribution in [3.05, 3.63) is 34.9 Å². The lowest BCUT2D eigenvalue weighted by Crippen LogP contribution is -2.54. The Morgan fingerprint density at radius 2 is 1.94 bits per heavy atom. The molecule has 94 valence electrons. The van der Waals surface area contributed by atoms with Gasteiger partial charge in [0.2, 0.25) is 0 Å². The third-order valence-corrected chi connectivity index (χ3v) is 3.45. The maximum atomic E-state index is 11.8. The minimum Gasteiger partial charge on any atom is -0.468 e. The van der Waals surface area contributed by atoms with E-state index in [2.05, 4.69) is 0 Å². The highest BCUT2D eigenvalue weighted by molar-refractivity contribution is 6.30. The topological polar surface area (TPSA) is 52.3 Å². The predicted molar refractivity (Wildman–Crippen MR) is 69.6 cm³/mol. The summed E-state index contributed by atoms with van der Waals surface area (Å²) in [6.07, 6.45) is 1.28. The second kappa shape index (κ2) is 5.25. The number of methoxy groups -OCH3 is 1. The summed E-state index contributed by atoms with van der Waals surface area (Å²) in [5.41, 5.74) is 6.16. The van der Waals surface area contributed by atoms with Crippen molar-refractivity contribution in [3.8, 4) is 0 Å². The highest BCUT2D eigenvalue weighted by Gasteiger charge is 2.51. The van der Waals surface area contributed by atoms with Crippen molar-refractivity contribution >= 4 is 30.0 Å². The normalized spacial score (nSPS) is 26.6. The number of hydrogen-bond donors (Lipinski definition) is 1. The van der Waals surface area contributed by atoms with Gasteiger partial charge < -0.3 is 10.5 Å². The molecule has 0 aromatic heterocycles. The summed E-state index contributed by atoms with van der Waals surface area (Å²) in [6.45, 7) is 0. The molecule has 0 atom stereocenters. The van der Waals surface area contributed by atoms with Crippen molar-refractivity contribution < 1.29 is 9.53 Å². The summed E-state index contributed by atoms with van der Waals surface area (Å²) in [4.78, 5) is 11.8. The van der Waals surface area contributed by atoms with Gasteiger partial charge in [-0.3, -0.25) is 4.79 Å². The van der Waals surface area contributed by atoms with Gasteiger partial charge in [-0.05, 0) is 30.5 Å². The Morgan fingerprint density at radius 3 is 2.35 bits per heavy atom. The van der Waals surface area contributed by atoms with Crippen LogP contribution in [-0.2, 0) is 14.9 Å². The zero-order valence-electron chi connectivity index (χ0n) is 9.48. The predicted octanol–water partition coefficient (Wildman–Crippen LogP) is 2.29. The van der Waals surface area contributed by atoms with Crippen LogP contribution in [0.25, 0.3) is 0 Å². The number of hydrogen-bond acceptors (Lipinski definition) is 3. The van der Waals surface area contributed by atoms with Crippen LogP contribution >= 0.6 is 24.0 Å². The Hall–Kier alpha value is -0.770. The Balaban J connectivity index is 0.00000144. The Kier molecular flexibility index (Phi) is 4.42. The molecular weight excluding hydrogens is 261 g/mol. The van der Waals surface area contributed by atoms with E-state index in [-0.39, 0.29) is 24.4 Å². The van der Waals surface area contributed by atoms with Gasteiger partial charge in [-0.2, -0.15) is 0 Å². The van der Waals surface area contributed by atoms with Gasteiger partial charge in [0.1, 0.15) is 0 Å². The largest absolute Gasteiger partial charge is 0.468 e. The van der Waals surface area contributed by atoms with Crippen LogP contribution in [0.1, 0.15) is 18.4 Å². The molecule has 1 aliphatic rings. The average molecular weight is 276 g/mol. The summed E-state index contributed by atoms with van der Waals surface area (Å²) >= 11 is 5.82. The first-order valence-corrected chi connectivity index (χ1v) is 5.56. The summed E-state index contributed by atoms with van der Waals surface area (Å²) in [5, 5.41) is 0.660. The minimum absolute atomic E-state index is 0. The van der Waals surface area contributed by atoms with Crippen molar-refractivity contribution in [1.29, 1.82) is 0 Å². The van der Waals surface area contributed by atoms with E-state index >= 15 is 0 Å². The van der Waals surface area contributed by atoms with Gasteiger partial charge in [-0.15, -0.1) is 12.4 Å². The maximum Gasteiger partial charge on any atom is 0.316 e. The molecule has 5 heteroatoms. The molecule has 1 aromatic carbocycles. The summed E-state index contributed by atoms with van der Waals surface area (Å²) < 4.78 is 4.86. The van der Waals surface area contributed by atoms with Gasteiger partial charge in [-0.25, -0.2) is 0 Å². The molecule has 1 saturated carbocycles. The molecule has 0 heterocycles. The lowest BCUT2D eigenvalue weighted by molar-refractivity contribution is -0.152. The quantitative estimate of drug-likeness (QED) is 0.843. The number of ether oxygens (including phenoxy) is 1. The van der Waals surface area contributed by atoms with E-state index in [1.54, 1.807) is 12.1 Å². The number of rotatable bonds is 2. The van der Waals surface area contributed by atoms with Crippen molar-refractivity contribution in [3.63, 3.8) is 0 Å². The highest BCUT2D eigenvalue weighted by Crippen LogP contribution is 2.44. The molecule has 0 spiro atoms. The van der Waals surface area contributed by atoms with Crippen LogP contribution in [0.3, 0.4) is 0 Å².